The number of carbonyl (C=O) groups is 1. The number of nitrogens with zero attached hydrogens (tertiary/aromatic N) is 4. The van der Waals surface area contributed by atoms with Crippen LogP contribution in [-0.4, -0.2) is 114 Å². The second-order valence-electron chi connectivity index (χ2n) is 8.40. The highest BCUT2D eigenvalue weighted by atomic mass is 16.5. The van der Waals surface area contributed by atoms with Gasteiger partial charge in [-0.15, -0.1) is 0 Å². The van der Waals surface area contributed by atoms with Crippen LogP contribution in [0.2, 0.25) is 0 Å². The Hall–Kier alpha value is -0.890. The lowest BCUT2D eigenvalue weighted by Crippen LogP contribution is -2.64. The monoisotopic (exact) mass is 366 g/mol. The van der Waals surface area contributed by atoms with Gasteiger partial charge in [0.25, 0.3) is 0 Å². The van der Waals surface area contributed by atoms with Crippen molar-refractivity contribution in [3.8, 4) is 0 Å². The lowest BCUT2D eigenvalue weighted by molar-refractivity contribution is -0.112. The molecule has 0 aromatic carbocycles. The molecule has 0 spiro atoms. The van der Waals surface area contributed by atoms with E-state index in [2.05, 4.69) is 9.80 Å². The molecule has 4 rings (SSSR count). The third-order valence-corrected chi connectivity index (χ3v) is 6.71. The predicted molar refractivity (Wildman–Crippen MR) is 99.2 cm³/mol. The van der Waals surface area contributed by atoms with E-state index in [4.69, 9.17) is 4.74 Å². The van der Waals surface area contributed by atoms with Crippen molar-refractivity contribution in [2.24, 2.45) is 0 Å². The topological polar surface area (TPSA) is 59.5 Å². The first-order valence-corrected chi connectivity index (χ1v) is 10.5. The molecule has 0 aliphatic carbocycles. The molecule has 2 amide bonds. The average Bonchev–Trinajstić information content (AvgIpc) is 2.69. The van der Waals surface area contributed by atoms with Crippen LogP contribution in [0.1, 0.15) is 32.1 Å². The van der Waals surface area contributed by atoms with E-state index in [0.717, 1.165) is 65.1 Å². The second kappa shape index (κ2) is 8.00. The molecule has 4 saturated heterocycles. The van der Waals surface area contributed by atoms with Crippen LogP contribution in [-0.2, 0) is 4.74 Å². The summed E-state index contributed by atoms with van der Waals surface area (Å²) >= 11 is 0. The van der Waals surface area contributed by atoms with Gasteiger partial charge in [-0.2, -0.15) is 0 Å². The van der Waals surface area contributed by atoms with Crippen LogP contribution in [0, 0.1) is 0 Å². The first kappa shape index (κ1) is 18.5. The zero-order valence-electron chi connectivity index (χ0n) is 15.9. The first-order valence-electron chi connectivity index (χ1n) is 10.5. The normalized spacial score (nSPS) is 34.6. The molecule has 4 aliphatic heterocycles. The third-order valence-electron chi connectivity index (χ3n) is 6.71. The molecule has 0 aromatic heterocycles. The summed E-state index contributed by atoms with van der Waals surface area (Å²) in [6, 6.07) is 0.487. The lowest BCUT2D eigenvalue weighted by Gasteiger charge is -2.51. The highest BCUT2D eigenvalue weighted by Gasteiger charge is 2.45. The Morgan fingerprint density at radius 1 is 0.923 bits per heavy atom. The maximum Gasteiger partial charge on any atom is 0.320 e. The summed E-state index contributed by atoms with van der Waals surface area (Å²) < 4.78 is 5.34. The molecule has 0 unspecified atom stereocenters. The second-order valence-corrected chi connectivity index (χ2v) is 8.40. The van der Waals surface area contributed by atoms with Crippen molar-refractivity contribution in [2.45, 2.75) is 43.7 Å². The Bertz CT molecular complexity index is 489. The summed E-state index contributed by atoms with van der Waals surface area (Å²) in [6.45, 7) is 9.02. The summed E-state index contributed by atoms with van der Waals surface area (Å²) in [5.74, 6) is 0. The van der Waals surface area contributed by atoms with Crippen LogP contribution in [0.4, 0.5) is 4.79 Å². The molecular weight excluding hydrogens is 332 g/mol. The molecule has 26 heavy (non-hydrogen) atoms. The predicted octanol–water partition coefficient (Wildman–Crippen LogP) is 0.436. The summed E-state index contributed by atoms with van der Waals surface area (Å²) in [5.41, 5.74) is -0.574. The third kappa shape index (κ3) is 3.86. The first-order chi connectivity index (χ1) is 12.7. The van der Waals surface area contributed by atoms with Crippen LogP contribution in [0.15, 0.2) is 0 Å². The van der Waals surface area contributed by atoms with Gasteiger partial charge in [0.15, 0.2) is 0 Å². The molecule has 148 valence electrons. The molecule has 4 aliphatic rings. The fourth-order valence-electron chi connectivity index (χ4n) is 5.25. The smallest absolute Gasteiger partial charge is 0.320 e. The molecule has 4 heterocycles. The van der Waals surface area contributed by atoms with E-state index in [1.807, 2.05) is 9.80 Å². The number of piperidine rings is 2. The number of fused-ring (bicyclic) bond motifs is 1. The number of morpholine rings is 1. The van der Waals surface area contributed by atoms with Gasteiger partial charge >= 0.3 is 6.03 Å². The number of urea groups is 1. The van der Waals surface area contributed by atoms with Gasteiger partial charge < -0.3 is 19.6 Å². The molecule has 0 aromatic rings. The molecule has 0 saturated carbocycles. The Morgan fingerprint density at radius 2 is 1.62 bits per heavy atom. The van der Waals surface area contributed by atoms with E-state index >= 15 is 0 Å². The maximum absolute atomic E-state index is 12.6. The van der Waals surface area contributed by atoms with Crippen molar-refractivity contribution in [1.82, 2.24) is 19.6 Å². The molecule has 1 N–H and O–H groups in total. The Kier molecular flexibility index (Phi) is 5.69. The van der Waals surface area contributed by atoms with E-state index in [1.54, 1.807) is 0 Å². The zero-order chi connectivity index (χ0) is 18.0. The lowest BCUT2D eigenvalue weighted by atomic mass is 9.79. The minimum Gasteiger partial charge on any atom is -0.387 e. The van der Waals surface area contributed by atoms with E-state index in [9.17, 15) is 9.90 Å². The summed E-state index contributed by atoms with van der Waals surface area (Å²) in [5, 5.41) is 11.4. The van der Waals surface area contributed by atoms with Crippen molar-refractivity contribution >= 4 is 6.03 Å². The minimum absolute atomic E-state index is 0.155. The van der Waals surface area contributed by atoms with E-state index < -0.39 is 5.60 Å². The number of hydrogen-bond donors (Lipinski definition) is 1. The molecule has 4 fully saturated rings. The van der Waals surface area contributed by atoms with Crippen LogP contribution >= 0.6 is 0 Å². The highest BCUT2D eigenvalue weighted by Crippen LogP contribution is 2.34. The summed E-state index contributed by atoms with van der Waals surface area (Å²) in [4.78, 5) is 21.4. The van der Waals surface area contributed by atoms with Gasteiger partial charge in [-0.3, -0.25) is 9.80 Å². The number of ether oxygens (including phenoxy) is 1. The Morgan fingerprint density at radius 3 is 2.38 bits per heavy atom. The molecular formula is C19H34N4O3. The SMILES string of the molecule is O=C(N1CCOCC1)N1CCN(C[C@]2(O)CCCN3CCCC[C@@H]32)CC1. The van der Waals surface area contributed by atoms with Crippen LogP contribution in [0.5, 0.6) is 0 Å². The van der Waals surface area contributed by atoms with Crippen molar-refractivity contribution in [2.75, 3.05) is 72.1 Å². The fraction of sp³-hybridized carbons (Fsp3) is 0.947. The van der Waals surface area contributed by atoms with Gasteiger partial charge in [-0.05, 0) is 38.8 Å². The average molecular weight is 367 g/mol. The molecule has 7 heteroatoms. The zero-order valence-corrected chi connectivity index (χ0v) is 15.9. The van der Waals surface area contributed by atoms with Gasteiger partial charge in [0.05, 0.1) is 18.8 Å². The number of rotatable bonds is 2. The number of amides is 2. The van der Waals surface area contributed by atoms with Gasteiger partial charge in [-0.1, -0.05) is 6.42 Å². The van der Waals surface area contributed by atoms with E-state index in [0.29, 0.717) is 32.3 Å². The minimum atomic E-state index is -0.574. The molecule has 0 bridgehead atoms. The van der Waals surface area contributed by atoms with Crippen molar-refractivity contribution in [3.05, 3.63) is 0 Å². The number of aliphatic hydroxyl groups is 1. The van der Waals surface area contributed by atoms with Gasteiger partial charge in [0.2, 0.25) is 0 Å². The number of carbonyl (C=O) groups excluding carboxylic acids is 1. The van der Waals surface area contributed by atoms with Crippen LogP contribution < -0.4 is 0 Å². The largest absolute Gasteiger partial charge is 0.387 e. The fourth-order valence-corrected chi connectivity index (χ4v) is 5.25. The number of hydrogen-bond acceptors (Lipinski definition) is 5. The Labute approximate surface area is 156 Å². The van der Waals surface area contributed by atoms with Crippen molar-refractivity contribution < 1.29 is 14.6 Å². The number of β-amino-alcohol motifs (C(OH)–C–C–N with tert-alkyl or cyclic N) is 1. The van der Waals surface area contributed by atoms with Crippen LogP contribution in [0.3, 0.4) is 0 Å². The van der Waals surface area contributed by atoms with Gasteiger partial charge in [0, 0.05) is 51.9 Å². The van der Waals surface area contributed by atoms with Gasteiger partial charge in [-0.25, -0.2) is 4.79 Å². The van der Waals surface area contributed by atoms with E-state index in [-0.39, 0.29) is 6.03 Å². The molecule has 7 nitrogen and oxygen atoms in total. The molecule has 0 radical (unpaired) electrons. The van der Waals surface area contributed by atoms with Crippen molar-refractivity contribution in [3.63, 3.8) is 0 Å². The molecule has 2 atom stereocenters. The van der Waals surface area contributed by atoms with Gasteiger partial charge in [0.1, 0.15) is 0 Å². The standard InChI is InChI=1S/C19H34N4O3/c24-18(23-12-14-26-15-13-23)22-10-8-20(9-11-22)16-19(25)5-3-7-21-6-2-1-4-17(19)21/h17,25H,1-16H2/t17-,19-/m1/s1. The van der Waals surface area contributed by atoms with E-state index in [1.165, 1.54) is 12.8 Å². The Balaban J connectivity index is 1.29. The highest BCUT2D eigenvalue weighted by molar-refractivity contribution is 5.74. The quantitative estimate of drug-likeness (QED) is 0.768. The van der Waals surface area contributed by atoms with Crippen LogP contribution in [0.25, 0.3) is 0 Å². The summed E-state index contributed by atoms with van der Waals surface area (Å²) in [6.07, 6.45) is 5.66. The van der Waals surface area contributed by atoms with Crippen molar-refractivity contribution in [1.29, 1.82) is 0 Å². The summed E-state index contributed by atoms with van der Waals surface area (Å²) in [7, 11) is 0. The number of piperazine rings is 1. The maximum atomic E-state index is 12.6.